The molecule has 6 nitrogen and oxygen atoms in total. The van der Waals surface area contributed by atoms with Crippen LogP contribution in [0.1, 0.15) is 23.2 Å². The third-order valence-corrected chi connectivity index (χ3v) is 3.23. The molecule has 0 bridgehead atoms. The van der Waals surface area contributed by atoms with Crippen molar-refractivity contribution in [3.05, 3.63) is 60.2 Å². The van der Waals surface area contributed by atoms with Crippen LogP contribution in [-0.4, -0.2) is 25.5 Å². The maximum Gasteiger partial charge on any atom is 0.273 e. The number of ether oxygens (including phenoxy) is 2. The van der Waals surface area contributed by atoms with Crippen LogP contribution in [0.4, 0.5) is 0 Å². The lowest BCUT2D eigenvalue weighted by molar-refractivity contribution is -0.122. The molecule has 0 fully saturated rings. The summed E-state index contributed by atoms with van der Waals surface area (Å²) >= 11 is 0. The van der Waals surface area contributed by atoms with Crippen LogP contribution in [0.3, 0.4) is 0 Å². The molecule has 2 rings (SSSR count). The summed E-state index contributed by atoms with van der Waals surface area (Å²) in [5.74, 6) is 0.499. The molecule has 0 unspecified atom stereocenters. The molecule has 0 radical (unpaired) electrons. The van der Waals surface area contributed by atoms with Gasteiger partial charge in [-0.05, 0) is 30.7 Å². The molecule has 0 aliphatic carbocycles. The van der Waals surface area contributed by atoms with E-state index in [4.69, 9.17) is 9.47 Å². The van der Waals surface area contributed by atoms with Crippen LogP contribution in [0.5, 0.6) is 11.5 Å². The molecule has 0 atom stereocenters. The van der Waals surface area contributed by atoms with Gasteiger partial charge in [0.05, 0.1) is 19.3 Å². The molecule has 0 aromatic heterocycles. The van der Waals surface area contributed by atoms with Gasteiger partial charge in [0.2, 0.25) is 5.91 Å². The Morgan fingerprint density at radius 2 is 1.67 bits per heavy atom. The van der Waals surface area contributed by atoms with Crippen LogP contribution in [0.2, 0.25) is 0 Å². The summed E-state index contributed by atoms with van der Waals surface area (Å²) in [5, 5.41) is 0. The molecule has 126 valence electrons. The van der Waals surface area contributed by atoms with Crippen molar-refractivity contribution in [1.82, 2.24) is 10.9 Å². The molecule has 2 aromatic rings. The first-order chi connectivity index (χ1) is 11.7. The Hall–Kier alpha value is -3.02. The van der Waals surface area contributed by atoms with Crippen molar-refractivity contribution in [2.45, 2.75) is 12.8 Å². The number of para-hydroxylation sites is 2. The van der Waals surface area contributed by atoms with Crippen molar-refractivity contribution in [3.8, 4) is 11.5 Å². The fourth-order valence-corrected chi connectivity index (χ4v) is 2.03. The third kappa shape index (κ3) is 5.31. The van der Waals surface area contributed by atoms with Crippen LogP contribution >= 0.6 is 0 Å². The van der Waals surface area contributed by atoms with Gasteiger partial charge in [-0.25, -0.2) is 0 Å². The topological polar surface area (TPSA) is 76.7 Å². The summed E-state index contributed by atoms with van der Waals surface area (Å²) in [6.07, 6.45) is 0.796. The molecule has 0 spiro atoms. The fraction of sp³-hybridized carbons (Fsp3) is 0.222. The van der Waals surface area contributed by atoms with E-state index >= 15 is 0 Å². The molecule has 2 amide bonds. The van der Waals surface area contributed by atoms with Gasteiger partial charge in [-0.15, -0.1) is 0 Å². The lowest BCUT2D eigenvalue weighted by atomic mass is 10.2. The Bertz CT molecular complexity index is 674. The highest BCUT2D eigenvalue weighted by atomic mass is 16.5. The van der Waals surface area contributed by atoms with Gasteiger partial charge in [-0.2, -0.15) is 0 Å². The molecule has 6 heteroatoms. The Balaban J connectivity index is 1.68. The predicted molar refractivity (Wildman–Crippen MR) is 89.8 cm³/mol. The molecule has 24 heavy (non-hydrogen) atoms. The van der Waals surface area contributed by atoms with Crippen molar-refractivity contribution in [2.75, 3.05) is 13.7 Å². The van der Waals surface area contributed by atoms with Crippen LogP contribution in [-0.2, 0) is 4.79 Å². The lowest BCUT2D eigenvalue weighted by Crippen LogP contribution is -2.41. The zero-order valence-electron chi connectivity index (χ0n) is 13.5. The number of hydrazine groups is 1. The van der Waals surface area contributed by atoms with Gasteiger partial charge in [-0.3, -0.25) is 20.4 Å². The minimum absolute atomic E-state index is 0.249. The molecular weight excluding hydrogens is 308 g/mol. The van der Waals surface area contributed by atoms with E-state index in [0.29, 0.717) is 24.3 Å². The van der Waals surface area contributed by atoms with Gasteiger partial charge in [0.15, 0.2) is 0 Å². The molecule has 0 aliphatic rings. The fourth-order valence-electron chi connectivity index (χ4n) is 2.03. The number of carbonyl (C=O) groups excluding carboxylic acids is 2. The van der Waals surface area contributed by atoms with Gasteiger partial charge in [0, 0.05) is 6.42 Å². The first-order valence-electron chi connectivity index (χ1n) is 7.61. The number of benzene rings is 2. The Kier molecular flexibility index (Phi) is 6.64. The highest BCUT2D eigenvalue weighted by Gasteiger charge is 2.12. The van der Waals surface area contributed by atoms with Gasteiger partial charge in [-0.1, -0.05) is 30.3 Å². The third-order valence-electron chi connectivity index (χ3n) is 3.23. The number of rotatable bonds is 7. The SMILES string of the molecule is COc1ccccc1C(=O)NNC(=O)CCCOc1ccccc1. The summed E-state index contributed by atoms with van der Waals surface area (Å²) in [6, 6.07) is 16.2. The molecule has 0 saturated heterocycles. The number of carbonyl (C=O) groups is 2. The van der Waals surface area contributed by atoms with Crippen molar-refractivity contribution < 1.29 is 19.1 Å². The molecule has 0 saturated carbocycles. The minimum atomic E-state index is -0.429. The van der Waals surface area contributed by atoms with Crippen LogP contribution in [0.15, 0.2) is 54.6 Å². The Labute approximate surface area is 140 Å². The molecule has 0 heterocycles. The summed E-state index contributed by atoms with van der Waals surface area (Å²) in [4.78, 5) is 23.7. The van der Waals surface area contributed by atoms with E-state index in [1.165, 1.54) is 7.11 Å². The van der Waals surface area contributed by atoms with Crippen molar-refractivity contribution >= 4 is 11.8 Å². The van der Waals surface area contributed by atoms with Gasteiger partial charge in [0.25, 0.3) is 5.91 Å². The second-order valence-corrected chi connectivity index (χ2v) is 4.97. The van der Waals surface area contributed by atoms with Crippen LogP contribution < -0.4 is 20.3 Å². The van der Waals surface area contributed by atoms with E-state index in [2.05, 4.69) is 10.9 Å². The first-order valence-corrected chi connectivity index (χ1v) is 7.61. The average Bonchev–Trinajstić information content (AvgIpc) is 2.64. The number of hydrogen-bond acceptors (Lipinski definition) is 4. The van der Waals surface area contributed by atoms with Crippen molar-refractivity contribution in [1.29, 1.82) is 0 Å². The maximum absolute atomic E-state index is 12.0. The zero-order chi connectivity index (χ0) is 17.2. The van der Waals surface area contributed by atoms with E-state index < -0.39 is 5.91 Å². The Morgan fingerprint density at radius 1 is 0.958 bits per heavy atom. The normalized spacial score (nSPS) is 9.88. The number of methoxy groups -OCH3 is 1. The zero-order valence-corrected chi connectivity index (χ0v) is 13.5. The van der Waals surface area contributed by atoms with E-state index in [9.17, 15) is 9.59 Å². The van der Waals surface area contributed by atoms with Gasteiger partial charge >= 0.3 is 0 Å². The monoisotopic (exact) mass is 328 g/mol. The van der Waals surface area contributed by atoms with E-state index in [0.717, 1.165) is 5.75 Å². The van der Waals surface area contributed by atoms with Crippen molar-refractivity contribution in [2.24, 2.45) is 0 Å². The standard InChI is InChI=1S/C18H20N2O4/c1-23-16-11-6-5-10-15(16)18(22)20-19-17(21)12-7-13-24-14-8-3-2-4-9-14/h2-6,8-11H,7,12-13H2,1H3,(H,19,21)(H,20,22). The van der Waals surface area contributed by atoms with Crippen molar-refractivity contribution in [3.63, 3.8) is 0 Å². The smallest absolute Gasteiger partial charge is 0.273 e. The maximum atomic E-state index is 12.0. The highest BCUT2D eigenvalue weighted by Crippen LogP contribution is 2.16. The van der Waals surface area contributed by atoms with Gasteiger partial charge < -0.3 is 9.47 Å². The summed E-state index contributed by atoms with van der Waals surface area (Å²) in [6.45, 7) is 0.428. The molecular formula is C18H20N2O4. The minimum Gasteiger partial charge on any atom is -0.496 e. The predicted octanol–water partition coefficient (Wildman–Crippen LogP) is 2.32. The number of hydrogen-bond donors (Lipinski definition) is 2. The first kappa shape index (κ1) is 17.3. The van der Waals surface area contributed by atoms with Crippen LogP contribution in [0.25, 0.3) is 0 Å². The van der Waals surface area contributed by atoms with E-state index in [-0.39, 0.29) is 12.3 Å². The summed E-state index contributed by atoms with van der Waals surface area (Å²) in [7, 11) is 1.48. The Morgan fingerprint density at radius 3 is 2.42 bits per heavy atom. The molecule has 2 N–H and O–H groups in total. The number of nitrogens with one attached hydrogen (secondary N) is 2. The largest absolute Gasteiger partial charge is 0.496 e. The number of amides is 2. The quantitative estimate of drug-likeness (QED) is 0.604. The second-order valence-electron chi connectivity index (χ2n) is 4.97. The lowest BCUT2D eigenvalue weighted by Gasteiger charge is -2.10. The second kappa shape index (κ2) is 9.19. The molecule has 2 aromatic carbocycles. The van der Waals surface area contributed by atoms with Crippen LogP contribution in [0, 0.1) is 0 Å². The van der Waals surface area contributed by atoms with Gasteiger partial charge in [0.1, 0.15) is 11.5 Å². The van der Waals surface area contributed by atoms with E-state index in [1.807, 2.05) is 30.3 Å². The highest BCUT2D eigenvalue weighted by molar-refractivity contribution is 5.97. The summed E-state index contributed by atoms with van der Waals surface area (Å²) < 4.78 is 10.6. The average molecular weight is 328 g/mol. The summed E-state index contributed by atoms with van der Waals surface area (Å²) in [5.41, 5.74) is 5.11. The molecule has 0 aliphatic heterocycles. The van der Waals surface area contributed by atoms with E-state index in [1.54, 1.807) is 24.3 Å².